The summed E-state index contributed by atoms with van der Waals surface area (Å²) < 4.78 is 0. The van der Waals surface area contributed by atoms with E-state index in [0.717, 1.165) is 22.7 Å². The molecule has 3 nitrogen and oxygen atoms in total. The van der Waals surface area contributed by atoms with Gasteiger partial charge < -0.3 is 15.6 Å². The first-order valence-electron chi connectivity index (χ1n) is 6.98. The first-order valence-corrected chi connectivity index (χ1v) is 6.98. The zero-order chi connectivity index (χ0) is 15.1. The van der Waals surface area contributed by atoms with Crippen LogP contribution in [-0.2, 0) is 0 Å². The van der Waals surface area contributed by atoms with Gasteiger partial charge in [-0.2, -0.15) is 0 Å². The van der Waals surface area contributed by atoms with Crippen LogP contribution in [0.5, 0.6) is 0 Å². The van der Waals surface area contributed by atoms with Gasteiger partial charge in [0.05, 0.1) is 0 Å². The molecule has 0 aliphatic carbocycles. The standard InChI is InChI=1S/C18H21N3/c1-4-6-8-16(7-5-2)20-14(3)21-17-10-9-15-11-12-19-18(15)13-17/h4-13,19-21H,3H2,1-2H3/b6-4-,7-5-,16-8+. The molecule has 0 unspecified atom stereocenters. The molecule has 3 N–H and O–H groups in total. The highest BCUT2D eigenvalue weighted by Crippen LogP contribution is 2.18. The Labute approximate surface area is 125 Å². The van der Waals surface area contributed by atoms with E-state index in [9.17, 15) is 0 Å². The van der Waals surface area contributed by atoms with Gasteiger partial charge >= 0.3 is 0 Å². The maximum Gasteiger partial charge on any atom is 0.100 e. The van der Waals surface area contributed by atoms with E-state index in [0.29, 0.717) is 0 Å². The number of nitrogens with one attached hydrogen (secondary N) is 3. The van der Waals surface area contributed by atoms with Crippen LogP contribution in [0.3, 0.4) is 0 Å². The molecule has 21 heavy (non-hydrogen) atoms. The molecule has 0 aliphatic rings. The molecule has 1 aromatic carbocycles. The van der Waals surface area contributed by atoms with Crippen molar-refractivity contribution in [2.75, 3.05) is 5.32 Å². The second-order valence-electron chi connectivity index (χ2n) is 4.66. The quantitative estimate of drug-likeness (QED) is 0.672. The van der Waals surface area contributed by atoms with Crippen molar-refractivity contribution in [2.45, 2.75) is 13.8 Å². The van der Waals surface area contributed by atoms with Crippen LogP contribution < -0.4 is 10.6 Å². The third-order valence-corrected chi connectivity index (χ3v) is 2.96. The molecule has 0 fully saturated rings. The largest absolute Gasteiger partial charge is 0.361 e. The number of allylic oxidation sites excluding steroid dienone is 5. The molecule has 0 saturated carbocycles. The van der Waals surface area contributed by atoms with Gasteiger partial charge in [-0.1, -0.05) is 30.9 Å². The highest BCUT2D eigenvalue weighted by atomic mass is 15.1. The monoisotopic (exact) mass is 279 g/mol. The van der Waals surface area contributed by atoms with Crippen LogP contribution >= 0.6 is 0 Å². The zero-order valence-corrected chi connectivity index (χ0v) is 12.5. The molecule has 2 rings (SSSR count). The van der Waals surface area contributed by atoms with Crippen molar-refractivity contribution < 1.29 is 0 Å². The van der Waals surface area contributed by atoms with Crippen molar-refractivity contribution in [1.82, 2.24) is 10.3 Å². The Morgan fingerprint density at radius 1 is 1.19 bits per heavy atom. The number of benzene rings is 1. The summed E-state index contributed by atoms with van der Waals surface area (Å²) in [7, 11) is 0. The average molecular weight is 279 g/mol. The first-order chi connectivity index (χ1) is 10.2. The number of fused-ring (bicyclic) bond motifs is 1. The van der Waals surface area contributed by atoms with E-state index in [4.69, 9.17) is 0 Å². The lowest BCUT2D eigenvalue weighted by molar-refractivity contribution is 1.02. The van der Waals surface area contributed by atoms with Gasteiger partial charge in [0, 0.05) is 23.1 Å². The van der Waals surface area contributed by atoms with E-state index in [1.807, 2.05) is 56.5 Å². The van der Waals surface area contributed by atoms with Crippen molar-refractivity contribution in [3.8, 4) is 0 Å². The molecule has 0 spiro atoms. The van der Waals surface area contributed by atoms with Crippen molar-refractivity contribution in [1.29, 1.82) is 0 Å². The summed E-state index contributed by atoms with van der Waals surface area (Å²) in [5.74, 6) is 0.731. The Hall–Kier alpha value is -2.68. The van der Waals surface area contributed by atoms with Crippen LogP contribution in [0.1, 0.15) is 13.8 Å². The topological polar surface area (TPSA) is 39.8 Å². The molecule has 0 amide bonds. The van der Waals surface area contributed by atoms with Gasteiger partial charge in [0.2, 0.25) is 0 Å². The fraction of sp³-hybridized carbons (Fsp3) is 0.111. The fourth-order valence-corrected chi connectivity index (χ4v) is 2.02. The summed E-state index contributed by atoms with van der Waals surface area (Å²) in [5.41, 5.74) is 3.08. The lowest BCUT2D eigenvalue weighted by atomic mass is 10.2. The van der Waals surface area contributed by atoms with Crippen molar-refractivity contribution >= 4 is 16.6 Å². The van der Waals surface area contributed by atoms with Gasteiger partial charge in [-0.05, 0) is 49.6 Å². The summed E-state index contributed by atoms with van der Waals surface area (Å²) >= 11 is 0. The first kappa shape index (κ1) is 14.7. The van der Waals surface area contributed by atoms with Gasteiger partial charge in [0.1, 0.15) is 5.82 Å². The van der Waals surface area contributed by atoms with Gasteiger partial charge in [0.25, 0.3) is 0 Å². The molecular formula is C18H21N3. The number of anilines is 1. The van der Waals surface area contributed by atoms with Crippen LogP contribution in [0.2, 0.25) is 0 Å². The number of hydrogen-bond donors (Lipinski definition) is 3. The van der Waals surface area contributed by atoms with E-state index in [1.54, 1.807) is 0 Å². The summed E-state index contributed by atoms with van der Waals surface area (Å²) in [4.78, 5) is 3.20. The maximum absolute atomic E-state index is 4.02. The Kier molecular flexibility index (Phi) is 5.04. The molecule has 0 radical (unpaired) electrons. The lowest BCUT2D eigenvalue weighted by Crippen LogP contribution is -2.17. The zero-order valence-electron chi connectivity index (χ0n) is 12.5. The Morgan fingerprint density at radius 3 is 2.81 bits per heavy atom. The van der Waals surface area contributed by atoms with Gasteiger partial charge in [-0.3, -0.25) is 0 Å². The van der Waals surface area contributed by atoms with Crippen molar-refractivity contribution in [3.05, 3.63) is 78.9 Å². The molecule has 1 aromatic heterocycles. The third kappa shape index (κ3) is 4.14. The fourth-order valence-electron chi connectivity index (χ4n) is 2.02. The van der Waals surface area contributed by atoms with Gasteiger partial charge in [-0.15, -0.1) is 0 Å². The van der Waals surface area contributed by atoms with Gasteiger partial charge in [-0.25, -0.2) is 0 Å². The Morgan fingerprint density at radius 2 is 2.05 bits per heavy atom. The minimum atomic E-state index is 0.731. The second kappa shape index (κ2) is 7.20. The number of H-pyrrole nitrogens is 1. The summed E-state index contributed by atoms with van der Waals surface area (Å²) in [6.45, 7) is 7.99. The van der Waals surface area contributed by atoms with E-state index < -0.39 is 0 Å². The summed E-state index contributed by atoms with van der Waals surface area (Å²) in [6.07, 6.45) is 11.9. The predicted molar refractivity (Wildman–Crippen MR) is 91.9 cm³/mol. The molecule has 0 bridgehead atoms. The molecule has 0 saturated heterocycles. The number of rotatable bonds is 6. The number of aromatic amines is 1. The summed E-state index contributed by atoms with van der Waals surface area (Å²) in [6, 6.07) is 8.22. The van der Waals surface area contributed by atoms with Crippen LogP contribution in [0.15, 0.2) is 78.9 Å². The number of aromatic nitrogens is 1. The normalized spacial score (nSPS) is 12.4. The second-order valence-corrected chi connectivity index (χ2v) is 4.66. The van der Waals surface area contributed by atoms with Crippen LogP contribution in [0, 0.1) is 0 Å². The minimum absolute atomic E-state index is 0.731. The highest BCUT2D eigenvalue weighted by Gasteiger charge is 1.99. The van der Waals surface area contributed by atoms with E-state index in [1.165, 1.54) is 5.39 Å². The highest BCUT2D eigenvalue weighted by molar-refractivity contribution is 5.83. The average Bonchev–Trinajstić information content (AvgIpc) is 2.92. The smallest absolute Gasteiger partial charge is 0.100 e. The van der Waals surface area contributed by atoms with E-state index in [2.05, 4.69) is 40.4 Å². The molecular weight excluding hydrogens is 258 g/mol. The Balaban J connectivity index is 2.06. The molecule has 3 heteroatoms. The predicted octanol–water partition coefficient (Wildman–Crippen LogP) is 4.68. The van der Waals surface area contributed by atoms with Crippen LogP contribution in [-0.4, -0.2) is 4.98 Å². The molecule has 108 valence electrons. The molecule has 0 aliphatic heterocycles. The molecule has 0 atom stereocenters. The van der Waals surface area contributed by atoms with E-state index in [-0.39, 0.29) is 0 Å². The molecule has 1 heterocycles. The minimum Gasteiger partial charge on any atom is -0.361 e. The molecule has 2 aromatic rings. The van der Waals surface area contributed by atoms with E-state index >= 15 is 0 Å². The van der Waals surface area contributed by atoms with Crippen molar-refractivity contribution in [2.24, 2.45) is 0 Å². The summed E-state index contributed by atoms with van der Waals surface area (Å²) in [5, 5.41) is 7.71. The van der Waals surface area contributed by atoms with Crippen molar-refractivity contribution in [3.63, 3.8) is 0 Å². The maximum atomic E-state index is 4.02. The number of hydrogen-bond acceptors (Lipinski definition) is 2. The third-order valence-electron chi connectivity index (χ3n) is 2.96. The Bertz CT molecular complexity index is 702. The SMILES string of the molecule is C=C(NC(/C=C\C)=C/C=C\C)Nc1ccc2cc[nH]c2c1. The van der Waals surface area contributed by atoms with Crippen LogP contribution in [0.25, 0.3) is 10.9 Å². The lowest BCUT2D eigenvalue weighted by Gasteiger charge is -2.13. The van der Waals surface area contributed by atoms with Gasteiger partial charge in [0.15, 0.2) is 0 Å². The van der Waals surface area contributed by atoms with Crippen LogP contribution in [0.4, 0.5) is 5.69 Å².